The Hall–Kier alpha value is -3.51. The van der Waals surface area contributed by atoms with Crippen LogP contribution in [0.15, 0.2) is 35.7 Å². The number of thiazole rings is 1. The fourth-order valence-corrected chi connectivity index (χ4v) is 12.3. The quantitative estimate of drug-likeness (QED) is 0.0540. The third kappa shape index (κ3) is 18.7. The Kier molecular flexibility index (Phi) is 26.3. The summed E-state index contributed by atoms with van der Waals surface area (Å²) in [5.74, 6) is -0.325. The third-order valence-electron chi connectivity index (χ3n) is 14.4. The lowest BCUT2D eigenvalue weighted by molar-refractivity contribution is -0.149. The number of likely N-dealkylation sites (N-methyl/N-ethyl adjacent to an activating group) is 1. The van der Waals surface area contributed by atoms with Crippen molar-refractivity contribution in [1.82, 2.24) is 24.6 Å². The summed E-state index contributed by atoms with van der Waals surface area (Å²) < 4.78 is 17.7. The molecule has 0 saturated carbocycles. The van der Waals surface area contributed by atoms with Crippen LogP contribution in [0.5, 0.6) is 0 Å². The van der Waals surface area contributed by atoms with Gasteiger partial charge in [-0.3, -0.25) is 24.0 Å². The first-order valence-corrected chi connectivity index (χ1v) is 29.3. The number of amides is 4. The van der Waals surface area contributed by atoms with E-state index in [1.165, 1.54) is 11.3 Å². The number of likely N-dealkylation sites (tertiary alicyclic amines) is 1. The smallest absolute Gasteiger partial charge is 0.410 e. The number of benzene rings is 1. The summed E-state index contributed by atoms with van der Waals surface area (Å²) in [5, 5.41) is 2.49. The summed E-state index contributed by atoms with van der Waals surface area (Å²) in [6.07, 6.45) is 1.59. The van der Waals surface area contributed by atoms with E-state index in [-0.39, 0.29) is 90.3 Å². The molecule has 3 rings (SSSR count). The second-order valence-electron chi connectivity index (χ2n) is 21.5. The molecule has 0 unspecified atom stereocenters. The number of carbonyl (C=O) groups excluding carboxylic acids is 6. The summed E-state index contributed by atoms with van der Waals surface area (Å²) >= 11 is 1.39. The van der Waals surface area contributed by atoms with E-state index < -0.39 is 35.7 Å². The Morgan fingerprint density at radius 2 is 1.43 bits per heavy atom. The van der Waals surface area contributed by atoms with Gasteiger partial charge >= 0.3 is 6.09 Å². The van der Waals surface area contributed by atoms with Crippen LogP contribution in [-0.4, -0.2) is 156 Å². The largest absolute Gasteiger partial charge is 0.444 e. The van der Waals surface area contributed by atoms with Crippen molar-refractivity contribution < 1.29 is 43.0 Å². The zero-order valence-corrected chi connectivity index (χ0v) is 48.9. The summed E-state index contributed by atoms with van der Waals surface area (Å²) in [4.78, 5) is 94.2. The molecule has 17 heteroatoms. The molecular weight excluding hydrogens is 971 g/mol. The number of Topliss-reactive ketones (excluding diaryl/α,β-unsaturated/α-hetero) is 2. The van der Waals surface area contributed by atoms with Gasteiger partial charge in [-0.1, -0.05) is 114 Å². The maximum absolute atomic E-state index is 14.5. The number of hydrogen-bond donors (Lipinski definition) is 0. The van der Waals surface area contributed by atoms with Gasteiger partial charge in [-0.05, 0) is 63.4 Å². The molecule has 0 bridgehead atoms. The van der Waals surface area contributed by atoms with E-state index in [4.69, 9.17) is 19.2 Å². The van der Waals surface area contributed by atoms with Gasteiger partial charge in [0, 0.05) is 108 Å². The van der Waals surface area contributed by atoms with Gasteiger partial charge in [-0.25, -0.2) is 9.78 Å². The summed E-state index contributed by atoms with van der Waals surface area (Å²) in [6, 6.07) is 9.20. The molecule has 1 aromatic carbocycles. The predicted molar refractivity (Wildman–Crippen MR) is 293 cm³/mol. The monoisotopic (exact) mass is 1060 g/mol. The number of ketones is 2. The highest BCUT2D eigenvalue weighted by Crippen LogP contribution is 2.34. The normalized spacial score (nSPS) is 17.4. The Balaban J connectivity index is 1.73. The van der Waals surface area contributed by atoms with E-state index in [9.17, 15) is 28.8 Å². The van der Waals surface area contributed by atoms with Crippen LogP contribution in [0.3, 0.4) is 0 Å². The van der Waals surface area contributed by atoms with Crippen LogP contribution in [-0.2, 0) is 39.8 Å². The number of nitrogens with zero attached hydrogens (tertiary/aromatic N) is 5. The maximum Gasteiger partial charge on any atom is 0.410 e. The lowest BCUT2D eigenvalue weighted by atomic mass is 9.82. The molecule has 1 aliphatic heterocycles. The van der Waals surface area contributed by atoms with E-state index >= 15 is 0 Å². The summed E-state index contributed by atoms with van der Waals surface area (Å²) in [5.41, 5.74) is 0.844. The van der Waals surface area contributed by atoms with Crippen molar-refractivity contribution in [3.63, 3.8) is 0 Å². The number of carbonyl (C=O) groups is 6. The lowest BCUT2D eigenvalue weighted by Gasteiger charge is -2.41. The molecule has 4 amide bonds. The van der Waals surface area contributed by atoms with Crippen LogP contribution in [0, 0.1) is 35.5 Å². The molecule has 1 aromatic heterocycles. The molecule has 2 heterocycles. The van der Waals surface area contributed by atoms with E-state index in [1.807, 2.05) is 97.5 Å². The molecular formula is C55H89N5O9S3. The molecule has 0 radical (unpaired) electrons. The fraction of sp³-hybridized carbons (Fsp3) is 0.727. The van der Waals surface area contributed by atoms with Crippen molar-refractivity contribution in [3.05, 3.63) is 52.0 Å². The minimum atomic E-state index is -0.608. The Morgan fingerprint density at radius 3 is 1.99 bits per heavy atom. The van der Waals surface area contributed by atoms with Gasteiger partial charge in [0.15, 0.2) is 0 Å². The molecule has 1 fully saturated rings. The van der Waals surface area contributed by atoms with Crippen molar-refractivity contribution >= 4 is 68.3 Å². The van der Waals surface area contributed by atoms with Gasteiger partial charge in [0.1, 0.15) is 22.9 Å². The van der Waals surface area contributed by atoms with Gasteiger partial charge in [0.05, 0.1) is 35.7 Å². The Morgan fingerprint density at radius 1 is 0.819 bits per heavy atom. The predicted octanol–water partition coefficient (Wildman–Crippen LogP) is 10.2. The molecule has 1 saturated heterocycles. The molecule has 72 heavy (non-hydrogen) atoms. The third-order valence-corrected chi connectivity index (χ3v) is 17.8. The van der Waals surface area contributed by atoms with Gasteiger partial charge < -0.3 is 33.8 Å². The van der Waals surface area contributed by atoms with Gasteiger partial charge in [-0.2, -0.15) is 0 Å². The standard InChI is InChI=1S/C55H89N5O9S3/c1-17-37(6)49(59(14)52(64)42(36(4)5)32-46(62)38(7)35(2)3)47(67-15)33-48(63)60-25-21-24-44(60)50(68-16)39(8)45(61)31-41(30-40-22-19-18-20-23-40)51-56-43(34-70-51)53(65)57(12)26-28-71-72-29-27-58(13)54(66)69-55(9,10)11/h18-20,22-23,34-39,41-42,44,47,49-50H,17,21,24-33H2,1-16H3/t37-,38-,39-,41+,42-,44-,47+,49-,50+/m0/s1. The van der Waals surface area contributed by atoms with Crippen LogP contribution in [0.1, 0.15) is 142 Å². The van der Waals surface area contributed by atoms with Crippen LogP contribution in [0.2, 0.25) is 0 Å². The van der Waals surface area contributed by atoms with E-state index in [0.717, 1.165) is 24.2 Å². The average molecular weight is 1060 g/mol. The molecule has 0 aliphatic carbocycles. The summed E-state index contributed by atoms with van der Waals surface area (Å²) in [7, 11) is 11.7. The molecule has 9 atom stereocenters. The molecule has 1 aliphatic rings. The molecule has 406 valence electrons. The average Bonchev–Trinajstić information content (AvgIpc) is 4.04. The van der Waals surface area contributed by atoms with Crippen molar-refractivity contribution in [2.24, 2.45) is 35.5 Å². The highest BCUT2D eigenvalue weighted by molar-refractivity contribution is 8.76. The highest BCUT2D eigenvalue weighted by atomic mass is 33.1. The van der Waals surface area contributed by atoms with Gasteiger partial charge in [0.2, 0.25) is 11.8 Å². The lowest BCUT2D eigenvalue weighted by Crippen LogP contribution is -2.54. The van der Waals surface area contributed by atoms with Crippen LogP contribution in [0.25, 0.3) is 0 Å². The molecule has 0 N–H and O–H groups in total. The second-order valence-corrected chi connectivity index (χ2v) is 25.1. The van der Waals surface area contributed by atoms with Gasteiger partial charge in [0.25, 0.3) is 5.91 Å². The molecule has 14 nitrogen and oxygen atoms in total. The molecule has 0 spiro atoms. The number of hydrogen-bond acceptors (Lipinski definition) is 13. The molecule has 2 aromatic rings. The number of rotatable bonds is 30. The minimum absolute atomic E-state index is 0.00273. The second kappa shape index (κ2) is 30.1. The highest BCUT2D eigenvalue weighted by Gasteiger charge is 2.43. The zero-order chi connectivity index (χ0) is 54.0. The van der Waals surface area contributed by atoms with Crippen molar-refractivity contribution in [2.45, 2.75) is 157 Å². The van der Waals surface area contributed by atoms with Crippen LogP contribution in [0.4, 0.5) is 4.79 Å². The zero-order valence-electron chi connectivity index (χ0n) is 46.4. The Bertz CT molecular complexity index is 2030. The first-order valence-electron chi connectivity index (χ1n) is 26.0. The fourth-order valence-electron chi connectivity index (χ4n) is 9.33. The van der Waals surface area contributed by atoms with Crippen molar-refractivity contribution in [1.29, 1.82) is 0 Å². The number of aromatic nitrogens is 1. The number of methoxy groups -OCH3 is 2. The van der Waals surface area contributed by atoms with E-state index in [2.05, 4.69) is 13.8 Å². The van der Waals surface area contributed by atoms with Crippen LogP contribution >= 0.6 is 32.9 Å². The minimum Gasteiger partial charge on any atom is -0.444 e. The maximum atomic E-state index is 14.5. The topological polar surface area (TPSA) is 156 Å². The Labute approximate surface area is 444 Å². The summed E-state index contributed by atoms with van der Waals surface area (Å²) in [6.45, 7) is 23.1. The van der Waals surface area contributed by atoms with E-state index in [0.29, 0.717) is 48.9 Å². The van der Waals surface area contributed by atoms with Crippen LogP contribution < -0.4 is 0 Å². The van der Waals surface area contributed by atoms with Gasteiger partial charge in [-0.15, -0.1) is 11.3 Å². The van der Waals surface area contributed by atoms with Crippen molar-refractivity contribution in [2.75, 3.05) is 66.5 Å². The first kappa shape index (κ1) is 62.8. The van der Waals surface area contributed by atoms with Crippen molar-refractivity contribution in [3.8, 4) is 0 Å². The first-order chi connectivity index (χ1) is 33.9. The van der Waals surface area contributed by atoms with E-state index in [1.54, 1.807) is 77.0 Å². The SMILES string of the molecule is CC[C@H](C)[C@@H]([C@@H](CC(=O)N1CCC[C@H]1[C@H](OC)[C@@H](C)C(=O)C[C@@H](Cc1ccccc1)c1nc(C(=O)N(C)CCSSCCN(C)C(=O)OC(C)(C)C)cs1)OC)N(C)C(=O)[C@@H](CC(=O)[C@@H](C)C(C)C)C(C)C. The number of ether oxygens (including phenoxy) is 3.